The van der Waals surface area contributed by atoms with Crippen LogP contribution in [0.5, 0.6) is 11.5 Å². The van der Waals surface area contributed by atoms with Gasteiger partial charge in [0.05, 0.1) is 36.9 Å². The summed E-state index contributed by atoms with van der Waals surface area (Å²) in [6.07, 6.45) is -0.924. The monoisotopic (exact) mass is 414 g/mol. The van der Waals surface area contributed by atoms with Gasteiger partial charge in [-0.25, -0.2) is 9.59 Å². The van der Waals surface area contributed by atoms with Crippen molar-refractivity contribution in [3.8, 4) is 11.5 Å². The molecule has 0 spiro atoms. The second-order valence-corrected chi connectivity index (χ2v) is 6.70. The molecule has 30 heavy (non-hydrogen) atoms. The summed E-state index contributed by atoms with van der Waals surface area (Å²) in [5.41, 5.74) is 1.36. The van der Waals surface area contributed by atoms with E-state index >= 15 is 0 Å². The molecule has 0 saturated carbocycles. The smallest absolute Gasteiger partial charge is 0.338 e. The zero-order valence-corrected chi connectivity index (χ0v) is 17.3. The van der Waals surface area contributed by atoms with Gasteiger partial charge in [-0.1, -0.05) is 0 Å². The summed E-state index contributed by atoms with van der Waals surface area (Å²) in [5.74, 6) is 0.841. The van der Waals surface area contributed by atoms with Crippen LogP contribution in [0.3, 0.4) is 0 Å². The van der Waals surface area contributed by atoms with Crippen molar-refractivity contribution in [2.75, 3.05) is 20.3 Å². The van der Waals surface area contributed by atoms with Crippen LogP contribution in [-0.2, 0) is 17.8 Å². The number of hydrogen-bond acceptors (Lipinski definition) is 6. The van der Waals surface area contributed by atoms with Crippen molar-refractivity contribution >= 4 is 17.0 Å². The second kappa shape index (κ2) is 9.49. The number of aromatic nitrogens is 2. The molecule has 0 fully saturated rings. The normalized spacial score (nSPS) is 12.0. The van der Waals surface area contributed by atoms with E-state index in [2.05, 4.69) is 0 Å². The Labute approximate surface area is 174 Å². The molecule has 3 rings (SSSR count). The molecule has 0 amide bonds. The quantitative estimate of drug-likeness (QED) is 0.541. The lowest BCUT2D eigenvalue weighted by atomic mass is 10.2. The highest BCUT2D eigenvalue weighted by atomic mass is 16.5. The number of methoxy groups -OCH3 is 1. The maximum Gasteiger partial charge on any atom is 0.338 e. The number of rotatable bonds is 9. The zero-order valence-electron chi connectivity index (χ0n) is 17.3. The molecule has 1 atom stereocenters. The fourth-order valence-corrected chi connectivity index (χ4v) is 3.27. The molecule has 1 heterocycles. The van der Waals surface area contributed by atoms with E-state index in [0.29, 0.717) is 34.6 Å². The lowest BCUT2D eigenvalue weighted by Crippen LogP contribution is -2.31. The molecule has 0 radical (unpaired) electrons. The van der Waals surface area contributed by atoms with E-state index < -0.39 is 12.1 Å². The van der Waals surface area contributed by atoms with Crippen molar-refractivity contribution in [3.05, 3.63) is 58.5 Å². The number of aryl methyl sites for hydroxylation is 1. The Balaban J connectivity index is 1.82. The van der Waals surface area contributed by atoms with E-state index in [9.17, 15) is 14.7 Å². The highest BCUT2D eigenvalue weighted by molar-refractivity contribution is 5.93. The molecule has 1 unspecified atom stereocenters. The molecule has 0 bridgehead atoms. The fraction of sp³-hybridized carbons (Fsp3) is 0.364. The summed E-state index contributed by atoms with van der Waals surface area (Å²) in [4.78, 5) is 24.9. The van der Waals surface area contributed by atoms with Gasteiger partial charge in [-0.05, 0) is 56.3 Å². The summed E-state index contributed by atoms with van der Waals surface area (Å²) in [6.45, 7) is 4.38. The van der Waals surface area contributed by atoms with Crippen LogP contribution in [0.2, 0.25) is 0 Å². The van der Waals surface area contributed by atoms with Crippen molar-refractivity contribution in [1.29, 1.82) is 0 Å². The first-order chi connectivity index (χ1) is 14.5. The first kappa shape index (κ1) is 21.4. The van der Waals surface area contributed by atoms with Crippen LogP contribution in [0.1, 0.15) is 24.2 Å². The third-order valence-electron chi connectivity index (χ3n) is 4.74. The molecule has 8 heteroatoms. The molecule has 0 saturated heterocycles. The number of hydrogen-bond donors (Lipinski definition) is 1. The minimum absolute atomic E-state index is 0.00906. The predicted octanol–water partition coefficient (Wildman–Crippen LogP) is 2.45. The number of nitrogens with zero attached hydrogens (tertiary/aromatic N) is 2. The first-order valence-corrected chi connectivity index (χ1v) is 9.83. The van der Waals surface area contributed by atoms with Gasteiger partial charge in [0.25, 0.3) is 0 Å². The molecular formula is C22H26N2O6. The Hall–Kier alpha value is -3.26. The molecule has 0 aliphatic rings. The topological polar surface area (TPSA) is 91.9 Å². The minimum atomic E-state index is -0.924. The molecule has 0 aliphatic heterocycles. The van der Waals surface area contributed by atoms with Crippen LogP contribution in [-0.4, -0.2) is 46.6 Å². The van der Waals surface area contributed by atoms with Crippen LogP contribution < -0.4 is 15.2 Å². The van der Waals surface area contributed by atoms with Gasteiger partial charge in [0.2, 0.25) is 0 Å². The molecule has 3 aromatic rings. The maximum atomic E-state index is 12.9. The van der Waals surface area contributed by atoms with Gasteiger partial charge in [-0.15, -0.1) is 0 Å². The zero-order chi connectivity index (χ0) is 21.7. The SMILES string of the molecule is CCOC(=O)c1ccc2c(c1)n(CC(O)COc1ccc(OC)cc1)c(=O)n2CC. The van der Waals surface area contributed by atoms with Crippen molar-refractivity contribution in [3.63, 3.8) is 0 Å². The minimum Gasteiger partial charge on any atom is -0.497 e. The second-order valence-electron chi connectivity index (χ2n) is 6.70. The van der Waals surface area contributed by atoms with Crippen molar-refractivity contribution < 1.29 is 24.1 Å². The average Bonchev–Trinajstić information content (AvgIpc) is 3.02. The van der Waals surface area contributed by atoms with E-state index in [-0.39, 0.29) is 25.4 Å². The number of imidazole rings is 1. The summed E-state index contributed by atoms with van der Waals surface area (Å²) in [6, 6.07) is 12.0. The summed E-state index contributed by atoms with van der Waals surface area (Å²) in [7, 11) is 1.58. The maximum absolute atomic E-state index is 12.9. The number of aliphatic hydroxyl groups excluding tert-OH is 1. The third kappa shape index (κ3) is 4.49. The van der Waals surface area contributed by atoms with Gasteiger partial charge >= 0.3 is 11.7 Å². The van der Waals surface area contributed by atoms with Crippen LogP contribution >= 0.6 is 0 Å². The predicted molar refractivity (Wildman–Crippen MR) is 112 cm³/mol. The van der Waals surface area contributed by atoms with Crippen LogP contribution in [0.4, 0.5) is 0 Å². The van der Waals surface area contributed by atoms with E-state index in [0.717, 1.165) is 0 Å². The number of fused-ring (bicyclic) bond motifs is 1. The molecule has 0 aliphatic carbocycles. The van der Waals surface area contributed by atoms with E-state index in [4.69, 9.17) is 14.2 Å². The Morgan fingerprint density at radius 3 is 2.37 bits per heavy atom. The molecule has 160 valence electrons. The molecule has 8 nitrogen and oxygen atoms in total. The lowest BCUT2D eigenvalue weighted by molar-refractivity contribution is 0.0526. The van der Waals surface area contributed by atoms with Gasteiger partial charge < -0.3 is 19.3 Å². The van der Waals surface area contributed by atoms with E-state index in [1.807, 2.05) is 6.92 Å². The van der Waals surface area contributed by atoms with Crippen LogP contribution in [0.25, 0.3) is 11.0 Å². The standard InChI is InChI=1S/C22H26N2O6/c1-4-23-19-11-6-15(21(26)29-5-2)12-20(19)24(22(23)27)13-16(25)14-30-18-9-7-17(28-3)8-10-18/h6-12,16,25H,4-5,13-14H2,1-3H3. The highest BCUT2D eigenvalue weighted by Crippen LogP contribution is 2.19. The van der Waals surface area contributed by atoms with Crippen molar-refractivity contribution in [2.24, 2.45) is 0 Å². The number of carbonyl (C=O) groups is 1. The molecule has 1 aromatic heterocycles. The van der Waals surface area contributed by atoms with Gasteiger partial charge in [0.1, 0.15) is 24.2 Å². The average molecular weight is 414 g/mol. The van der Waals surface area contributed by atoms with Crippen LogP contribution in [0.15, 0.2) is 47.3 Å². The lowest BCUT2D eigenvalue weighted by Gasteiger charge is -2.13. The van der Waals surface area contributed by atoms with E-state index in [1.54, 1.807) is 61.1 Å². The van der Waals surface area contributed by atoms with Gasteiger partial charge in [0.15, 0.2) is 0 Å². The summed E-state index contributed by atoms with van der Waals surface area (Å²) in [5, 5.41) is 10.5. The largest absolute Gasteiger partial charge is 0.497 e. The van der Waals surface area contributed by atoms with Gasteiger partial charge in [-0.2, -0.15) is 0 Å². The summed E-state index contributed by atoms with van der Waals surface area (Å²) < 4.78 is 18.8. The third-order valence-corrected chi connectivity index (χ3v) is 4.74. The molecular weight excluding hydrogens is 388 g/mol. The van der Waals surface area contributed by atoms with Gasteiger partial charge in [0, 0.05) is 6.54 Å². The number of aliphatic hydroxyl groups is 1. The van der Waals surface area contributed by atoms with Crippen molar-refractivity contribution in [1.82, 2.24) is 9.13 Å². The number of benzene rings is 2. The Morgan fingerprint density at radius 1 is 1.03 bits per heavy atom. The Bertz CT molecular complexity index is 1070. The van der Waals surface area contributed by atoms with Crippen molar-refractivity contribution in [2.45, 2.75) is 33.0 Å². The fourth-order valence-electron chi connectivity index (χ4n) is 3.27. The first-order valence-electron chi connectivity index (χ1n) is 9.83. The van der Waals surface area contributed by atoms with E-state index in [1.165, 1.54) is 4.57 Å². The highest BCUT2D eigenvalue weighted by Gasteiger charge is 2.18. The van der Waals surface area contributed by atoms with Crippen LogP contribution in [0, 0.1) is 0 Å². The number of carbonyl (C=O) groups excluding carboxylic acids is 1. The Kier molecular flexibility index (Phi) is 6.79. The number of ether oxygens (including phenoxy) is 3. The van der Waals surface area contributed by atoms with Gasteiger partial charge in [-0.3, -0.25) is 9.13 Å². The Morgan fingerprint density at radius 2 is 1.73 bits per heavy atom. The molecule has 1 N–H and O–H groups in total. The summed E-state index contributed by atoms with van der Waals surface area (Å²) >= 11 is 0. The molecule has 2 aromatic carbocycles. The number of esters is 1.